The Kier molecular flexibility index (Phi) is 6.44. The fourth-order valence-corrected chi connectivity index (χ4v) is 4.58. The van der Waals surface area contributed by atoms with Gasteiger partial charge in [0.05, 0.1) is 24.8 Å². The van der Waals surface area contributed by atoms with Gasteiger partial charge in [-0.25, -0.2) is 0 Å². The van der Waals surface area contributed by atoms with Gasteiger partial charge in [0.2, 0.25) is 0 Å². The highest BCUT2D eigenvalue weighted by Crippen LogP contribution is 2.35. The number of nitrogens with zero attached hydrogens (tertiary/aromatic N) is 2. The number of methoxy groups -OCH3 is 2. The van der Waals surface area contributed by atoms with Crippen LogP contribution in [0.4, 0.5) is 0 Å². The fourth-order valence-electron chi connectivity index (χ4n) is 3.31. The van der Waals surface area contributed by atoms with Gasteiger partial charge in [0, 0.05) is 17.6 Å². The Labute approximate surface area is 195 Å². The maximum atomic E-state index is 12.8. The SMILES string of the molecule is COc1ccc(-c2sc(=NC(=O)c3ccc(Cl)cc3)n(C)c2-c2ccc(OC)cc2)cc1. The molecule has 0 spiro atoms. The molecular weight excluding hydrogens is 444 g/mol. The van der Waals surface area contributed by atoms with Gasteiger partial charge >= 0.3 is 0 Å². The Morgan fingerprint density at radius 2 is 1.38 bits per heavy atom. The molecule has 0 fully saturated rings. The molecule has 4 aromatic rings. The lowest BCUT2D eigenvalue weighted by atomic mass is 10.1. The topological polar surface area (TPSA) is 52.8 Å². The summed E-state index contributed by atoms with van der Waals surface area (Å²) < 4.78 is 12.5. The van der Waals surface area contributed by atoms with Crippen molar-refractivity contribution in [2.45, 2.75) is 0 Å². The van der Waals surface area contributed by atoms with Gasteiger partial charge in [0.25, 0.3) is 5.91 Å². The van der Waals surface area contributed by atoms with Crippen molar-refractivity contribution in [2.24, 2.45) is 12.0 Å². The smallest absolute Gasteiger partial charge is 0.279 e. The summed E-state index contributed by atoms with van der Waals surface area (Å²) in [6, 6.07) is 22.4. The van der Waals surface area contributed by atoms with E-state index in [1.165, 1.54) is 11.3 Å². The first-order valence-corrected chi connectivity index (χ1v) is 11.0. The van der Waals surface area contributed by atoms with E-state index in [1.54, 1.807) is 38.5 Å². The van der Waals surface area contributed by atoms with E-state index in [0.717, 1.165) is 33.2 Å². The van der Waals surface area contributed by atoms with Crippen molar-refractivity contribution in [2.75, 3.05) is 14.2 Å². The van der Waals surface area contributed by atoms with Crippen LogP contribution in [0.15, 0.2) is 77.8 Å². The Hall–Kier alpha value is -3.35. The molecule has 0 atom stereocenters. The van der Waals surface area contributed by atoms with Crippen molar-refractivity contribution in [3.05, 3.63) is 88.2 Å². The summed E-state index contributed by atoms with van der Waals surface area (Å²) in [6.07, 6.45) is 0. The zero-order valence-electron chi connectivity index (χ0n) is 17.8. The molecule has 1 amide bonds. The fraction of sp³-hybridized carbons (Fsp3) is 0.120. The Morgan fingerprint density at radius 1 is 0.844 bits per heavy atom. The van der Waals surface area contributed by atoms with Crippen LogP contribution in [0.3, 0.4) is 0 Å². The Balaban J connectivity index is 1.87. The third kappa shape index (κ3) is 4.47. The summed E-state index contributed by atoms with van der Waals surface area (Å²) in [4.78, 5) is 18.8. The minimum absolute atomic E-state index is 0.318. The highest BCUT2D eigenvalue weighted by molar-refractivity contribution is 7.13. The number of rotatable bonds is 5. The van der Waals surface area contributed by atoms with Crippen LogP contribution in [0.1, 0.15) is 10.4 Å². The van der Waals surface area contributed by atoms with E-state index in [4.69, 9.17) is 21.1 Å². The maximum absolute atomic E-state index is 12.8. The van der Waals surface area contributed by atoms with Crippen molar-refractivity contribution in [3.63, 3.8) is 0 Å². The zero-order chi connectivity index (χ0) is 22.7. The van der Waals surface area contributed by atoms with Crippen molar-refractivity contribution in [1.29, 1.82) is 0 Å². The largest absolute Gasteiger partial charge is 0.497 e. The molecule has 3 aromatic carbocycles. The van der Waals surface area contributed by atoms with Crippen LogP contribution >= 0.6 is 22.9 Å². The standard InChI is InChI=1S/C25H21ClN2O3S/c1-28-22(16-6-12-20(30-2)13-7-16)23(17-8-14-21(31-3)15-9-17)32-25(28)27-24(29)18-4-10-19(26)11-5-18/h4-15H,1-3H3. The molecule has 0 aliphatic carbocycles. The second-order valence-electron chi connectivity index (χ2n) is 7.00. The van der Waals surface area contributed by atoms with E-state index in [-0.39, 0.29) is 5.91 Å². The lowest BCUT2D eigenvalue weighted by Crippen LogP contribution is -2.14. The van der Waals surface area contributed by atoms with Crippen molar-refractivity contribution >= 4 is 28.8 Å². The molecule has 0 saturated heterocycles. The van der Waals surface area contributed by atoms with Crippen molar-refractivity contribution < 1.29 is 14.3 Å². The number of carbonyl (C=O) groups is 1. The molecule has 0 saturated carbocycles. The predicted octanol–water partition coefficient (Wildman–Crippen LogP) is 5.83. The number of amides is 1. The molecule has 0 unspecified atom stereocenters. The number of thiazole rings is 1. The van der Waals surface area contributed by atoms with Gasteiger partial charge in [0.1, 0.15) is 11.5 Å². The minimum atomic E-state index is -0.318. The first kappa shape index (κ1) is 21.9. The quantitative estimate of drug-likeness (QED) is 0.373. The van der Waals surface area contributed by atoms with Gasteiger partial charge in [-0.2, -0.15) is 4.99 Å². The average Bonchev–Trinajstić information content (AvgIpc) is 3.15. The first-order chi connectivity index (χ1) is 15.5. The second kappa shape index (κ2) is 9.42. The van der Waals surface area contributed by atoms with Gasteiger partial charge in [-0.3, -0.25) is 4.79 Å². The van der Waals surface area contributed by atoms with E-state index in [9.17, 15) is 4.79 Å². The molecule has 1 aromatic heterocycles. The molecular formula is C25H21ClN2O3S. The van der Waals surface area contributed by atoms with Crippen LogP contribution in [0.5, 0.6) is 11.5 Å². The molecule has 7 heteroatoms. The normalized spacial score (nSPS) is 11.4. The number of ether oxygens (including phenoxy) is 2. The molecule has 162 valence electrons. The number of hydrogen-bond acceptors (Lipinski definition) is 4. The van der Waals surface area contributed by atoms with Gasteiger partial charge in [-0.05, 0) is 83.9 Å². The number of aromatic nitrogens is 1. The lowest BCUT2D eigenvalue weighted by molar-refractivity contribution is 0.0998. The van der Waals surface area contributed by atoms with Crippen LogP contribution in [0.2, 0.25) is 5.02 Å². The first-order valence-electron chi connectivity index (χ1n) is 9.83. The number of hydrogen-bond donors (Lipinski definition) is 0. The minimum Gasteiger partial charge on any atom is -0.497 e. The Bertz CT molecular complexity index is 1310. The summed E-state index contributed by atoms with van der Waals surface area (Å²) in [6.45, 7) is 0. The third-order valence-corrected chi connectivity index (χ3v) is 6.47. The summed E-state index contributed by atoms with van der Waals surface area (Å²) in [7, 11) is 5.20. The molecule has 32 heavy (non-hydrogen) atoms. The van der Waals surface area contributed by atoms with E-state index in [1.807, 2.05) is 60.1 Å². The number of carbonyl (C=O) groups excluding carboxylic acids is 1. The summed E-state index contributed by atoms with van der Waals surface area (Å²) in [5, 5.41) is 0.576. The van der Waals surface area contributed by atoms with Crippen LogP contribution in [0.25, 0.3) is 21.7 Å². The van der Waals surface area contributed by atoms with Gasteiger partial charge < -0.3 is 14.0 Å². The van der Waals surface area contributed by atoms with E-state index in [2.05, 4.69) is 4.99 Å². The zero-order valence-corrected chi connectivity index (χ0v) is 19.4. The number of halogens is 1. The van der Waals surface area contributed by atoms with Crippen molar-refractivity contribution in [3.8, 4) is 33.2 Å². The van der Waals surface area contributed by atoms with Crippen LogP contribution in [-0.4, -0.2) is 24.7 Å². The van der Waals surface area contributed by atoms with Crippen LogP contribution in [0, 0.1) is 0 Å². The van der Waals surface area contributed by atoms with Crippen LogP contribution < -0.4 is 14.3 Å². The third-order valence-electron chi connectivity index (χ3n) is 5.03. The lowest BCUT2D eigenvalue weighted by Gasteiger charge is -2.09. The van der Waals surface area contributed by atoms with E-state index < -0.39 is 0 Å². The van der Waals surface area contributed by atoms with E-state index >= 15 is 0 Å². The molecule has 1 heterocycles. The van der Waals surface area contributed by atoms with Crippen molar-refractivity contribution in [1.82, 2.24) is 4.57 Å². The Morgan fingerprint density at radius 3 is 1.91 bits per heavy atom. The number of benzene rings is 3. The maximum Gasteiger partial charge on any atom is 0.279 e. The van der Waals surface area contributed by atoms with Gasteiger partial charge in [0.15, 0.2) is 4.80 Å². The summed E-state index contributed by atoms with van der Waals surface area (Å²) in [5.41, 5.74) is 3.46. The highest BCUT2D eigenvalue weighted by Gasteiger charge is 2.17. The average molecular weight is 465 g/mol. The molecule has 4 rings (SSSR count). The second-order valence-corrected chi connectivity index (χ2v) is 8.42. The van der Waals surface area contributed by atoms with Gasteiger partial charge in [-0.1, -0.05) is 22.9 Å². The summed E-state index contributed by atoms with van der Waals surface area (Å²) >= 11 is 7.40. The van der Waals surface area contributed by atoms with E-state index in [0.29, 0.717) is 15.4 Å². The monoisotopic (exact) mass is 464 g/mol. The molecule has 0 aliphatic rings. The van der Waals surface area contributed by atoms with Crippen LogP contribution in [-0.2, 0) is 7.05 Å². The molecule has 0 aliphatic heterocycles. The van der Waals surface area contributed by atoms with Gasteiger partial charge in [-0.15, -0.1) is 0 Å². The summed E-state index contributed by atoms with van der Waals surface area (Å²) in [5.74, 6) is 1.24. The predicted molar refractivity (Wildman–Crippen MR) is 129 cm³/mol. The molecule has 0 N–H and O–H groups in total. The molecule has 5 nitrogen and oxygen atoms in total. The highest BCUT2D eigenvalue weighted by atomic mass is 35.5. The molecule has 0 radical (unpaired) electrons. The molecule has 0 bridgehead atoms.